The van der Waals surface area contributed by atoms with Gasteiger partial charge in [-0.2, -0.15) is 0 Å². The van der Waals surface area contributed by atoms with Gasteiger partial charge in [-0.15, -0.1) is 0 Å². The smallest absolute Gasteiger partial charge is 0.352 e. The summed E-state index contributed by atoms with van der Waals surface area (Å²) in [7, 11) is 0. The molecular weight excluding hydrogens is 293 g/mol. The summed E-state index contributed by atoms with van der Waals surface area (Å²) in [5.41, 5.74) is -0.127. The molecule has 2 N–H and O–H groups in total. The number of halogens is 1. The van der Waals surface area contributed by atoms with E-state index in [1.54, 1.807) is 6.92 Å². The Kier molecular flexibility index (Phi) is 5.52. The Morgan fingerprint density at radius 2 is 2.18 bits per heavy atom. The number of aliphatic hydroxyl groups excluding tert-OH is 1. The van der Waals surface area contributed by atoms with Gasteiger partial charge < -0.3 is 19.8 Å². The van der Waals surface area contributed by atoms with Crippen LogP contribution < -0.4 is 0 Å². The predicted octanol–water partition coefficient (Wildman–Crippen LogP) is 1.09. The van der Waals surface area contributed by atoms with Gasteiger partial charge in [0.25, 0.3) is 0 Å². The second-order valence-electron chi connectivity index (χ2n) is 5.78. The first-order chi connectivity index (χ1) is 10.5. The Labute approximate surface area is 128 Å². The van der Waals surface area contributed by atoms with Crippen LogP contribution >= 0.6 is 0 Å². The Morgan fingerprint density at radius 1 is 1.50 bits per heavy atom. The molecule has 1 saturated heterocycles. The zero-order valence-electron chi connectivity index (χ0n) is 12.6. The standard InChI is InChI=1S/C15H22FNO5/c1-9(18)13-11-5-3-2-4-10(22-7-6-16)8-12(15(20)21)17(11)14(13)19/h8-11,13,18H,2-7H2,1H3,(H,20,21)/t9?,10-,11+,13+/m0/s1. The first kappa shape index (κ1) is 16.9. The van der Waals surface area contributed by atoms with Crippen molar-refractivity contribution in [2.24, 2.45) is 5.92 Å². The van der Waals surface area contributed by atoms with Crippen molar-refractivity contribution in [2.75, 3.05) is 13.3 Å². The van der Waals surface area contributed by atoms with Gasteiger partial charge in [-0.25, -0.2) is 9.18 Å². The van der Waals surface area contributed by atoms with Crippen LogP contribution in [0.4, 0.5) is 4.39 Å². The predicted molar refractivity (Wildman–Crippen MR) is 75.7 cm³/mol. The third-order valence-electron chi connectivity index (χ3n) is 4.26. The summed E-state index contributed by atoms with van der Waals surface area (Å²) in [6, 6.07) is -0.297. The Morgan fingerprint density at radius 3 is 2.77 bits per heavy atom. The zero-order valence-corrected chi connectivity index (χ0v) is 12.6. The van der Waals surface area contributed by atoms with E-state index in [0.717, 1.165) is 12.8 Å². The summed E-state index contributed by atoms with van der Waals surface area (Å²) in [6.45, 7) is 0.813. The Bertz CT molecular complexity index is 465. The number of carbonyl (C=O) groups is 2. The van der Waals surface area contributed by atoms with E-state index in [1.807, 2.05) is 0 Å². The topological polar surface area (TPSA) is 87.1 Å². The normalized spacial score (nSPS) is 30.3. The molecule has 2 aliphatic heterocycles. The molecular formula is C15H22FNO5. The molecule has 22 heavy (non-hydrogen) atoms. The molecule has 0 spiro atoms. The van der Waals surface area contributed by atoms with Gasteiger partial charge in [0, 0.05) is 0 Å². The minimum absolute atomic E-state index is 0.0955. The third kappa shape index (κ3) is 3.30. The number of aliphatic carboxylic acids is 1. The number of nitrogens with zero attached hydrogens (tertiary/aromatic N) is 1. The second kappa shape index (κ2) is 7.19. The average Bonchev–Trinajstić information content (AvgIpc) is 2.52. The van der Waals surface area contributed by atoms with Crippen molar-refractivity contribution in [2.45, 2.75) is 50.9 Å². The monoisotopic (exact) mass is 315 g/mol. The highest BCUT2D eigenvalue weighted by Crippen LogP contribution is 2.37. The molecule has 1 unspecified atom stereocenters. The number of β-lactam (4-membered cyclic amide) rings is 1. The maximum absolute atomic E-state index is 12.3. The summed E-state index contributed by atoms with van der Waals surface area (Å²) >= 11 is 0. The Balaban J connectivity index is 2.26. The van der Waals surface area contributed by atoms with Crippen LogP contribution in [0.3, 0.4) is 0 Å². The van der Waals surface area contributed by atoms with Crippen molar-refractivity contribution in [3.05, 3.63) is 11.8 Å². The zero-order chi connectivity index (χ0) is 16.3. The van der Waals surface area contributed by atoms with Gasteiger partial charge in [0.05, 0.1) is 30.8 Å². The van der Waals surface area contributed by atoms with Gasteiger partial charge in [0.2, 0.25) is 5.91 Å². The molecule has 0 aromatic heterocycles. The molecule has 0 radical (unpaired) electrons. The molecule has 124 valence electrons. The van der Waals surface area contributed by atoms with Crippen LogP contribution in [0.2, 0.25) is 0 Å². The fraction of sp³-hybridized carbons (Fsp3) is 0.733. The minimum Gasteiger partial charge on any atom is -0.477 e. The number of carboxylic acids is 1. The second-order valence-corrected chi connectivity index (χ2v) is 5.78. The third-order valence-corrected chi connectivity index (χ3v) is 4.26. The highest BCUT2D eigenvalue weighted by Gasteiger charge is 2.52. The molecule has 0 bridgehead atoms. The molecule has 1 amide bonds. The quantitative estimate of drug-likeness (QED) is 0.742. The lowest BCUT2D eigenvalue weighted by Gasteiger charge is -2.48. The van der Waals surface area contributed by atoms with Crippen LogP contribution in [0, 0.1) is 5.92 Å². The number of ether oxygens (including phenoxy) is 1. The minimum atomic E-state index is -1.21. The molecule has 2 heterocycles. The number of carboxylic acid groups (broad SMARTS) is 1. The van der Waals surface area contributed by atoms with Gasteiger partial charge >= 0.3 is 5.97 Å². The number of hydrogen-bond acceptors (Lipinski definition) is 4. The molecule has 2 rings (SSSR count). The van der Waals surface area contributed by atoms with E-state index in [2.05, 4.69) is 0 Å². The van der Waals surface area contributed by atoms with Crippen LogP contribution in [0.5, 0.6) is 0 Å². The fourth-order valence-electron chi connectivity index (χ4n) is 3.24. The van der Waals surface area contributed by atoms with Crippen molar-refractivity contribution in [3.63, 3.8) is 0 Å². The molecule has 1 fully saturated rings. The van der Waals surface area contributed by atoms with E-state index in [0.29, 0.717) is 12.8 Å². The van der Waals surface area contributed by atoms with Crippen molar-refractivity contribution in [1.82, 2.24) is 4.90 Å². The van der Waals surface area contributed by atoms with E-state index in [-0.39, 0.29) is 24.3 Å². The van der Waals surface area contributed by atoms with E-state index in [4.69, 9.17) is 4.74 Å². The van der Waals surface area contributed by atoms with Crippen molar-refractivity contribution < 1.29 is 28.9 Å². The van der Waals surface area contributed by atoms with Gasteiger partial charge in [-0.05, 0) is 25.8 Å². The number of fused-ring (bicyclic) bond motifs is 1. The first-order valence-corrected chi connectivity index (χ1v) is 7.61. The lowest BCUT2D eigenvalue weighted by molar-refractivity contribution is -0.164. The average molecular weight is 315 g/mol. The number of aliphatic hydroxyl groups is 1. The van der Waals surface area contributed by atoms with Crippen LogP contribution in [-0.4, -0.2) is 58.5 Å². The SMILES string of the molecule is CC(O)[C@H]1C(=O)N2C(C(=O)O)=C[C@@H](OCCF)CCCC[C@H]12. The molecule has 0 aliphatic carbocycles. The van der Waals surface area contributed by atoms with E-state index >= 15 is 0 Å². The van der Waals surface area contributed by atoms with Gasteiger partial charge in [0.1, 0.15) is 12.4 Å². The van der Waals surface area contributed by atoms with E-state index in [9.17, 15) is 24.2 Å². The van der Waals surface area contributed by atoms with Crippen molar-refractivity contribution in [1.29, 1.82) is 0 Å². The number of carbonyl (C=O) groups excluding carboxylic acids is 1. The molecule has 7 heteroatoms. The highest BCUT2D eigenvalue weighted by atomic mass is 19.1. The maximum atomic E-state index is 12.3. The summed E-state index contributed by atoms with van der Waals surface area (Å²) in [6.07, 6.45) is 2.90. The number of amides is 1. The van der Waals surface area contributed by atoms with Gasteiger partial charge in [-0.3, -0.25) is 4.79 Å². The summed E-state index contributed by atoms with van der Waals surface area (Å²) in [5.74, 6) is -2.14. The molecule has 6 nitrogen and oxygen atoms in total. The summed E-state index contributed by atoms with van der Waals surface area (Å²) in [5, 5.41) is 19.1. The van der Waals surface area contributed by atoms with E-state index < -0.39 is 30.8 Å². The van der Waals surface area contributed by atoms with Crippen molar-refractivity contribution in [3.8, 4) is 0 Å². The number of hydrogen-bond donors (Lipinski definition) is 2. The van der Waals surface area contributed by atoms with Crippen LogP contribution in [0.1, 0.15) is 32.6 Å². The van der Waals surface area contributed by atoms with Crippen LogP contribution in [0.25, 0.3) is 0 Å². The summed E-state index contributed by atoms with van der Waals surface area (Å²) in [4.78, 5) is 25.0. The number of alkyl halides is 1. The fourth-order valence-corrected chi connectivity index (χ4v) is 3.24. The van der Waals surface area contributed by atoms with Gasteiger partial charge in [-0.1, -0.05) is 12.8 Å². The van der Waals surface area contributed by atoms with Gasteiger partial charge in [0.15, 0.2) is 0 Å². The lowest BCUT2D eigenvalue weighted by Crippen LogP contribution is -2.64. The van der Waals surface area contributed by atoms with Crippen molar-refractivity contribution >= 4 is 11.9 Å². The lowest BCUT2D eigenvalue weighted by atomic mass is 9.80. The molecule has 4 atom stereocenters. The van der Waals surface area contributed by atoms with Crippen LogP contribution in [0.15, 0.2) is 11.8 Å². The maximum Gasteiger partial charge on any atom is 0.352 e. The molecule has 0 aromatic carbocycles. The largest absolute Gasteiger partial charge is 0.477 e. The number of rotatable bonds is 5. The molecule has 0 saturated carbocycles. The van der Waals surface area contributed by atoms with Crippen LogP contribution in [-0.2, 0) is 14.3 Å². The highest BCUT2D eigenvalue weighted by molar-refractivity contribution is 5.97. The summed E-state index contributed by atoms with van der Waals surface area (Å²) < 4.78 is 17.6. The molecule has 0 aromatic rings. The first-order valence-electron chi connectivity index (χ1n) is 7.61. The van der Waals surface area contributed by atoms with E-state index in [1.165, 1.54) is 11.0 Å². The molecule has 2 aliphatic rings. The Hall–Kier alpha value is -1.47.